The third-order valence-electron chi connectivity index (χ3n) is 6.55. The third-order valence-corrected chi connectivity index (χ3v) is 6.55. The number of benzene rings is 2. The zero-order valence-corrected chi connectivity index (χ0v) is 18.2. The van der Waals surface area contributed by atoms with E-state index in [4.69, 9.17) is 4.74 Å². The van der Waals surface area contributed by atoms with Crippen LogP contribution in [0.25, 0.3) is 11.1 Å². The minimum atomic E-state index is -1.27. The summed E-state index contributed by atoms with van der Waals surface area (Å²) in [6.07, 6.45) is 0.974. The summed E-state index contributed by atoms with van der Waals surface area (Å²) in [4.78, 5) is 36.5. The number of hydrogen-bond donors (Lipinski definition) is 4. The van der Waals surface area contributed by atoms with E-state index in [1.54, 1.807) is 0 Å². The minimum Gasteiger partial charge on any atom is -0.481 e. The van der Waals surface area contributed by atoms with Crippen LogP contribution in [-0.2, 0) is 14.3 Å². The van der Waals surface area contributed by atoms with Crippen molar-refractivity contribution in [2.24, 2.45) is 5.92 Å². The van der Waals surface area contributed by atoms with Gasteiger partial charge in [0.2, 0.25) is 5.91 Å². The smallest absolute Gasteiger partial charge is 0.407 e. The predicted octanol–water partition coefficient (Wildman–Crippen LogP) is 2.65. The molecule has 4 rings (SSSR count). The highest BCUT2D eigenvalue weighted by molar-refractivity contribution is 5.89. The number of aliphatic hydroxyl groups excluding tert-OH is 1. The number of ether oxygens (including phenoxy) is 1. The molecule has 8 heteroatoms. The van der Waals surface area contributed by atoms with Crippen molar-refractivity contribution in [2.75, 3.05) is 13.2 Å². The first-order valence-electron chi connectivity index (χ1n) is 11.2. The van der Waals surface area contributed by atoms with Crippen LogP contribution < -0.4 is 10.6 Å². The van der Waals surface area contributed by atoms with Gasteiger partial charge in [0, 0.05) is 24.5 Å². The number of aliphatic hydroxyl groups is 1. The highest BCUT2D eigenvalue weighted by Gasteiger charge is 2.33. The SMILES string of the molecule is O=C(O)CC(NC(=O)OCC1c2ccccc2-c2ccccc21)C(=O)NC1CCCC1CO. The van der Waals surface area contributed by atoms with Gasteiger partial charge in [0.25, 0.3) is 0 Å². The summed E-state index contributed by atoms with van der Waals surface area (Å²) in [5, 5.41) is 23.9. The van der Waals surface area contributed by atoms with Gasteiger partial charge in [0.05, 0.1) is 6.42 Å². The molecule has 0 bridgehead atoms. The number of rotatable bonds is 8. The molecule has 2 aliphatic carbocycles. The molecule has 33 heavy (non-hydrogen) atoms. The van der Waals surface area contributed by atoms with Crippen LogP contribution in [0.3, 0.4) is 0 Å². The van der Waals surface area contributed by atoms with E-state index < -0.39 is 30.4 Å². The van der Waals surface area contributed by atoms with Gasteiger partial charge in [-0.05, 0) is 35.1 Å². The summed E-state index contributed by atoms with van der Waals surface area (Å²) in [6, 6.07) is 14.4. The molecule has 0 radical (unpaired) electrons. The van der Waals surface area contributed by atoms with Crippen molar-refractivity contribution >= 4 is 18.0 Å². The quantitative estimate of drug-likeness (QED) is 0.488. The normalized spacial score (nSPS) is 19.9. The van der Waals surface area contributed by atoms with Gasteiger partial charge in [0.1, 0.15) is 12.6 Å². The number of carboxylic acid groups (broad SMARTS) is 1. The fourth-order valence-electron chi connectivity index (χ4n) is 4.89. The van der Waals surface area contributed by atoms with Crippen LogP contribution in [0.5, 0.6) is 0 Å². The monoisotopic (exact) mass is 452 g/mol. The van der Waals surface area contributed by atoms with E-state index in [-0.39, 0.29) is 31.1 Å². The topological polar surface area (TPSA) is 125 Å². The van der Waals surface area contributed by atoms with E-state index in [1.807, 2.05) is 48.5 Å². The molecule has 0 aliphatic heterocycles. The number of carbonyl (C=O) groups excluding carboxylic acids is 2. The molecule has 1 saturated carbocycles. The number of alkyl carbamates (subject to hydrolysis) is 1. The fraction of sp³-hybridized carbons (Fsp3) is 0.400. The largest absolute Gasteiger partial charge is 0.481 e. The second-order valence-electron chi connectivity index (χ2n) is 8.61. The number of aliphatic carboxylic acids is 1. The molecule has 0 saturated heterocycles. The maximum Gasteiger partial charge on any atom is 0.407 e. The Morgan fingerprint density at radius 2 is 1.64 bits per heavy atom. The van der Waals surface area contributed by atoms with E-state index >= 15 is 0 Å². The van der Waals surface area contributed by atoms with Gasteiger partial charge >= 0.3 is 12.1 Å². The molecule has 2 aromatic carbocycles. The maximum absolute atomic E-state index is 12.7. The molecule has 0 heterocycles. The number of amides is 2. The van der Waals surface area contributed by atoms with Crippen LogP contribution in [0.2, 0.25) is 0 Å². The predicted molar refractivity (Wildman–Crippen MR) is 121 cm³/mol. The van der Waals surface area contributed by atoms with E-state index in [1.165, 1.54) is 0 Å². The van der Waals surface area contributed by atoms with Gasteiger partial charge in [-0.2, -0.15) is 0 Å². The summed E-state index contributed by atoms with van der Waals surface area (Å²) in [5.74, 6) is -2.00. The molecule has 0 aromatic heterocycles. The Labute approximate surface area is 192 Å². The average molecular weight is 453 g/mol. The Morgan fingerprint density at radius 1 is 1.00 bits per heavy atom. The van der Waals surface area contributed by atoms with Crippen molar-refractivity contribution in [1.29, 1.82) is 0 Å². The number of carbonyl (C=O) groups is 3. The lowest BCUT2D eigenvalue weighted by Crippen LogP contribution is -2.51. The van der Waals surface area contributed by atoms with Crippen LogP contribution in [0.1, 0.15) is 42.7 Å². The van der Waals surface area contributed by atoms with Crippen LogP contribution in [0.4, 0.5) is 4.79 Å². The first-order chi connectivity index (χ1) is 16.0. The van der Waals surface area contributed by atoms with Crippen LogP contribution in [0, 0.1) is 5.92 Å². The number of hydrogen-bond acceptors (Lipinski definition) is 5. The Hall–Kier alpha value is -3.39. The summed E-state index contributed by atoms with van der Waals surface area (Å²) >= 11 is 0. The summed E-state index contributed by atoms with van der Waals surface area (Å²) in [5.41, 5.74) is 4.31. The van der Waals surface area contributed by atoms with Crippen molar-refractivity contribution in [3.05, 3.63) is 59.7 Å². The molecule has 1 fully saturated rings. The van der Waals surface area contributed by atoms with Gasteiger partial charge < -0.3 is 25.6 Å². The Balaban J connectivity index is 1.40. The van der Waals surface area contributed by atoms with E-state index in [0.717, 1.165) is 35.1 Å². The molecular weight excluding hydrogens is 424 g/mol. The van der Waals surface area contributed by atoms with Gasteiger partial charge in [-0.25, -0.2) is 4.79 Å². The first-order valence-corrected chi connectivity index (χ1v) is 11.2. The summed E-state index contributed by atoms with van der Waals surface area (Å²) in [7, 11) is 0. The van der Waals surface area contributed by atoms with Gasteiger partial charge in [-0.3, -0.25) is 9.59 Å². The van der Waals surface area contributed by atoms with Gasteiger partial charge in [0.15, 0.2) is 0 Å². The molecular formula is C25H28N2O6. The second-order valence-corrected chi connectivity index (χ2v) is 8.61. The zero-order valence-electron chi connectivity index (χ0n) is 18.2. The van der Waals surface area contributed by atoms with Crippen molar-refractivity contribution in [2.45, 2.75) is 43.7 Å². The molecule has 8 nitrogen and oxygen atoms in total. The molecule has 3 unspecified atom stereocenters. The van der Waals surface area contributed by atoms with Gasteiger partial charge in [-0.1, -0.05) is 55.0 Å². The van der Waals surface area contributed by atoms with E-state index in [9.17, 15) is 24.6 Å². The Morgan fingerprint density at radius 3 is 2.24 bits per heavy atom. The van der Waals surface area contributed by atoms with Crippen molar-refractivity contribution in [3.63, 3.8) is 0 Å². The van der Waals surface area contributed by atoms with Gasteiger partial charge in [-0.15, -0.1) is 0 Å². The molecule has 4 N–H and O–H groups in total. The lowest BCUT2D eigenvalue weighted by Gasteiger charge is -2.23. The Bertz CT molecular complexity index is 994. The molecule has 2 aliphatic rings. The highest BCUT2D eigenvalue weighted by atomic mass is 16.5. The standard InChI is InChI=1S/C25H28N2O6/c28-13-15-6-5-11-21(15)26-24(31)22(12-23(29)30)27-25(32)33-14-20-18-9-3-1-7-16(18)17-8-2-4-10-19(17)20/h1-4,7-10,15,20-22,28H,5-6,11-14H2,(H,26,31)(H,27,32)(H,29,30). The van der Waals surface area contributed by atoms with E-state index in [2.05, 4.69) is 10.6 Å². The number of nitrogens with one attached hydrogen (secondary N) is 2. The second kappa shape index (κ2) is 10.0. The number of fused-ring (bicyclic) bond motifs is 3. The lowest BCUT2D eigenvalue weighted by atomic mass is 9.98. The minimum absolute atomic E-state index is 0.0473. The molecule has 0 spiro atoms. The molecule has 2 aromatic rings. The zero-order chi connectivity index (χ0) is 23.4. The molecule has 174 valence electrons. The van der Waals surface area contributed by atoms with Crippen LogP contribution >= 0.6 is 0 Å². The van der Waals surface area contributed by atoms with Crippen LogP contribution in [-0.4, -0.2) is 53.5 Å². The fourth-order valence-corrected chi connectivity index (χ4v) is 4.89. The number of carboxylic acids is 1. The van der Waals surface area contributed by atoms with Crippen LogP contribution in [0.15, 0.2) is 48.5 Å². The third kappa shape index (κ3) is 5.01. The van der Waals surface area contributed by atoms with Crippen molar-refractivity contribution in [1.82, 2.24) is 10.6 Å². The van der Waals surface area contributed by atoms with Crippen molar-refractivity contribution < 1.29 is 29.3 Å². The molecule has 2 amide bonds. The Kier molecular flexibility index (Phi) is 6.93. The summed E-state index contributed by atoms with van der Waals surface area (Å²) < 4.78 is 5.45. The summed E-state index contributed by atoms with van der Waals surface area (Å²) in [6.45, 7) is 0.0187. The first kappa shape index (κ1) is 22.8. The lowest BCUT2D eigenvalue weighted by molar-refractivity contribution is -0.140. The maximum atomic E-state index is 12.7. The molecule has 3 atom stereocenters. The average Bonchev–Trinajstić information content (AvgIpc) is 3.39. The van der Waals surface area contributed by atoms with E-state index in [0.29, 0.717) is 6.42 Å². The van der Waals surface area contributed by atoms with Crippen molar-refractivity contribution in [3.8, 4) is 11.1 Å². The highest BCUT2D eigenvalue weighted by Crippen LogP contribution is 2.44.